The summed E-state index contributed by atoms with van der Waals surface area (Å²) < 4.78 is 4.60. The van der Waals surface area contributed by atoms with E-state index < -0.39 is 0 Å². The maximum absolute atomic E-state index is 5.09. The van der Waals surface area contributed by atoms with Crippen LogP contribution in [0.4, 0.5) is 17.1 Å². The van der Waals surface area contributed by atoms with Crippen molar-refractivity contribution < 1.29 is 0 Å². The van der Waals surface area contributed by atoms with Crippen molar-refractivity contribution in [2.24, 2.45) is 0 Å². The molecule has 6 nitrogen and oxygen atoms in total. The molecule has 0 amide bonds. The van der Waals surface area contributed by atoms with E-state index in [2.05, 4.69) is 184 Å². The van der Waals surface area contributed by atoms with Gasteiger partial charge in [-0.15, -0.1) is 0 Å². The van der Waals surface area contributed by atoms with Crippen LogP contribution in [0.5, 0.6) is 0 Å². The molecule has 0 unspecified atom stereocenters. The van der Waals surface area contributed by atoms with E-state index in [1.807, 2.05) is 37.3 Å². The zero-order chi connectivity index (χ0) is 38.6. The van der Waals surface area contributed by atoms with Gasteiger partial charge in [-0.25, -0.2) is 4.98 Å². The summed E-state index contributed by atoms with van der Waals surface area (Å²) in [7, 11) is 0. The van der Waals surface area contributed by atoms with Gasteiger partial charge in [-0.3, -0.25) is 4.57 Å². The van der Waals surface area contributed by atoms with Crippen LogP contribution in [0.2, 0.25) is 0 Å². The van der Waals surface area contributed by atoms with Gasteiger partial charge in [-0.1, -0.05) is 146 Å². The average molecular weight is 745 g/mol. The van der Waals surface area contributed by atoms with E-state index in [0.717, 1.165) is 66.8 Å². The summed E-state index contributed by atoms with van der Waals surface area (Å²) in [5, 5.41) is 4.72. The summed E-state index contributed by atoms with van der Waals surface area (Å²) >= 11 is 0. The molecule has 0 bridgehead atoms. The number of nitrogens with zero attached hydrogens (tertiary/aromatic N) is 6. The second-order valence-corrected chi connectivity index (χ2v) is 14.5. The Balaban J connectivity index is 1.11. The highest BCUT2D eigenvalue weighted by Crippen LogP contribution is 2.44. The maximum Gasteiger partial charge on any atom is 0.238 e. The molecule has 274 valence electrons. The number of aromatic nitrogens is 5. The molecule has 11 rings (SSSR count). The van der Waals surface area contributed by atoms with E-state index >= 15 is 0 Å². The second-order valence-electron chi connectivity index (χ2n) is 14.5. The van der Waals surface area contributed by atoms with Gasteiger partial charge in [0.05, 0.1) is 27.8 Å². The Bertz CT molecular complexity index is 3280. The summed E-state index contributed by atoms with van der Waals surface area (Å²) in [5.41, 5.74) is 11.9. The molecule has 8 aromatic carbocycles. The predicted molar refractivity (Wildman–Crippen MR) is 239 cm³/mol. The first kappa shape index (κ1) is 33.5. The first-order valence-electron chi connectivity index (χ1n) is 19.6. The van der Waals surface area contributed by atoms with Gasteiger partial charge in [0.1, 0.15) is 5.82 Å². The normalized spacial score (nSPS) is 11.5. The van der Waals surface area contributed by atoms with Crippen LogP contribution >= 0.6 is 0 Å². The number of fused-ring (bicyclic) bond motifs is 6. The molecule has 0 aliphatic rings. The van der Waals surface area contributed by atoms with Crippen molar-refractivity contribution in [3.8, 4) is 34.2 Å². The molecule has 0 saturated heterocycles. The van der Waals surface area contributed by atoms with E-state index in [-0.39, 0.29) is 0 Å². The van der Waals surface area contributed by atoms with Crippen LogP contribution in [0.3, 0.4) is 0 Å². The number of hydrogen-bond acceptors (Lipinski definition) is 4. The molecule has 0 aliphatic heterocycles. The molecule has 0 fully saturated rings. The van der Waals surface area contributed by atoms with Gasteiger partial charge in [0.15, 0.2) is 5.82 Å². The molecule has 0 saturated carbocycles. The first-order valence-corrected chi connectivity index (χ1v) is 19.6. The van der Waals surface area contributed by atoms with Crippen molar-refractivity contribution >= 4 is 60.7 Å². The fraction of sp³-hybridized carbons (Fsp3) is 0.0192. The molecule has 3 aromatic heterocycles. The van der Waals surface area contributed by atoms with Crippen LogP contribution in [0.1, 0.15) is 5.82 Å². The van der Waals surface area contributed by atoms with Crippen molar-refractivity contribution in [2.45, 2.75) is 6.92 Å². The Morgan fingerprint density at radius 2 is 0.948 bits per heavy atom. The van der Waals surface area contributed by atoms with Crippen LogP contribution in [-0.2, 0) is 0 Å². The van der Waals surface area contributed by atoms with Crippen molar-refractivity contribution in [1.82, 2.24) is 24.1 Å². The molecule has 11 aromatic rings. The van der Waals surface area contributed by atoms with Crippen molar-refractivity contribution in [1.29, 1.82) is 0 Å². The SMILES string of the molecule is Cc1nc(-c2ccccc2)nc(-n2c3ccccc3c3cccc(-c4ccc(N(c5ccccc5)c5cccc6c7ccccc7n(-c7ccccc7)c56)cc4)c32)n1. The number of benzene rings is 8. The smallest absolute Gasteiger partial charge is 0.238 e. The minimum Gasteiger partial charge on any atom is -0.308 e. The largest absolute Gasteiger partial charge is 0.308 e. The van der Waals surface area contributed by atoms with Crippen molar-refractivity contribution in [2.75, 3.05) is 4.90 Å². The Morgan fingerprint density at radius 1 is 0.397 bits per heavy atom. The standard InChI is InChI=1S/C52H36N6/c1-35-53-51(37-17-5-2-6-18-37)55-52(54-35)58-47-29-14-12-23-42(47)44-26-15-25-41(49(44)58)36-31-33-40(34-32-36)56(38-19-7-3-8-20-38)48-30-16-27-45-43-24-11-13-28-46(43)57(50(45)48)39-21-9-4-10-22-39/h2-34H,1H3. The molecule has 3 heterocycles. The average Bonchev–Trinajstić information content (AvgIpc) is 3.81. The van der Waals surface area contributed by atoms with Crippen LogP contribution in [-0.4, -0.2) is 24.1 Å². The van der Waals surface area contributed by atoms with Gasteiger partial charge in [-0.2, -0.15) is 9.97 Å². The highest BCUT2D eigenvalue weighted by atomic mass is 15.2. The fourth-order valence-electron chi connectivity index (χ4n) is 8.56. The molecular formula is C52H36N6. The van der Waals surface area contributed by atoms with E-state index in [9.17, 15) is 0 Å². The zero-order valence-corrected chi connectivity index (χ0v) is 31.7. The highest BCUT2D eigenvalue weighted by molar-refractivity contribution is 6.15. The lowest BCUT2D eigenvalue weighted by Gasteiger charge is -2.27. The number of rotatable bonds is 7. The Hall–Kier alpha value is -7.83. The Labute approximate surface area is 335 Å². The van der Waals surface area contributed by atoms with Gasteiger partial charge in [-0.05, 0) is 67.1 Å². The van der Waals surface area contributed by atoms with E-state index in [4.69, 9.17) is 15.0 Å². The van der Waals surface area contributed by atoms with E-state index in [0.29, 0.717) is 17.6 Å². The van der Waals surface area contributed by atoms with Crippen LogP contribution in [0.15, 0.2) is 200 Å². The lowest BCUT2D eigenvalue weighted by molar-refractivity contribution is 0.907. The Morgan fingerprint density at radius 3 is 1.66 bits per heavy atom. The topological polar surface area (TPSA) is 51.8 Å². The fourth-order valence-corrected chi connectivity index (χ4v) is 8.56. The quantitative estimate of drug-likeness (QED) is 0.163. The van der Waals surface area contributed by atoms with Gasteiger partial charge in [0.25, 0.3) is 0 Å². The maximum atomic E-state index is 5.09. The molecule has 0 atom stereocenters. The third-order valence-electron chi connectivity index (χ3n) is 11.0. The van der Waals surface area contributed by atoms with Gasteiger partial charge in [0, 0.05) is 49.7 Å². The van der Waals surface area contributed by atoms with Crippen LogP contribution in [0, 0.1) is 6.92 Å². The van der Waals surface area contributed by atoms with E-state index in [1.165, 1.54) is 16.3 Å². The minimum atomic E-state index is 0.596. The lowest BCUT2D eigenvalue weighted by atomic mass is 10.0. The molecular weight excluding hydrogens is 709 g/mol. The van der Waals surface area contributed by atoms with Crippen molar-refractivity contribution in [3.05, 3.63) is 206 Å². The van der Waals surface area contributed by atoms with Gasteiger partial charge in [0.2, 0.25) is 5.95 Å². The molecule has 6 heteroatoms. The number of hydrogen-bond donors (Lipinski definition) is 0. The molecule has 0 spiro atoms. The second kappa shape index (κ2) is 13.7. The highest BCUT2D eigenvalue weighted by Gasteiger charge is 2.23. The Kier molecular flexibility index (Phi) is 7.93. The summed E-state index contributed by atoms with van der Waals surface area (Å²) in [6, 6.07) is 70.8. The molecule has 58 heavy (non-hydrogen) atoms. The van der Waals surface area contributed by atoms with Gasteiger partial charge >= 0.3 is 0 Å². The van der Waals surface area contributed by atoms with Crippen LogP contribution in [0.25, 0.3) is 77.8 Å². The summed E-state index contributed by atoms with van der Waals surface area (Å²) in [6.07, 6.45) is 0. The van der Waals surface area contributed by atoms with E-state index in [1.54, 1.807) is 0 Å². The molecule has 0 aliphatic carbocycles. The number of aryl methyl sites for hydroxylation is 1. The molecule has 0 radical (unpaired) electrons. The lowest BCUT2D eigenvalue weighted by Crippen LogP contribution is -2.11. The summed E-state index contributed by atoms with van der Waals surface area (Å²) in [6.45, 7) is 1.93. The zero-order valence-electron chi connectivity index (χ0n) is 31.7. The monoisotopic (exact) mass is 744 g/mol. The first-order chi connectivity index (χ1) is 28.7. The number of anilines is 3. The van der Waals surface area contributed by atoms with Crippen molar-refractivity contribution in [3.63, 3.8) is 0 Å². The summed E-state index contributed by atoms with van der Waals surface area (Å²) in [4.78, 5) is 17.1. The minimum absolute atomic E-state index is 0.596. The number of para-hydroxylation sites is 6. The molecule has 0 N–H and O–H groups in total. The van der Waals surface area contributed by atoms with Crippen LogP contribution < -0.4 is 4.90 Å². The van der Waals surface area contributed by atoms with Gasteiger partial charge < -0.3 is 9.47 Å². The third kappa shape index (κ3) is 5.46. The summed E-state index contributed by atoms with van der Waals surface area (Å²) in [5.74, 6) is 1.91. The predicted octanol–water partition coefficient (Wildman–Crippen LogP) is 13.2. The third-order valence-corrected chi connectivity index (χ3v) is 11.0.